The zero-order valence-corrected chi connectivity index (χ0v) is 18.2. The van der Waals surface area contributed by atoms with Crippen molar-refractivity contribution in [2.45, 2.75) is 32.0 Å². The first-order valence-electron chi connectivity index (χ1n) is 10.6. The Bertz CT molecular complexity index is 1410. The molecule has 0 saturated carbocycles. The number of aromatic nitrogens is 3. The second kappa shape index (κ2) is 7.59. The molecule has 33 heavy (non-hydrogen) atoms. The molecule has 2 N–H and O–H groups in total. The lowest BCUT2D eigenvalue weighted by atomic mass is 10.0. The van der Waals surface area contributed by atoms with Crippen LogP contribution >= 0.6 is 11.3 Å². The van der Waals surface area contributed by atoms with Gasteiger partial charge in [0, 0.05) is 17.5 Å². The van der Waals surface area contributed by atoms with E-state index in [9.17, 15) is 14.4 Å². The van der Waals surface area contributed by atoms with Gasteiger partial charge in [0.05, 0.1) is 39.9 Å². The molecule has 10 heteroatoms. The van der Waals surface area contributed by atoms with Crippen LogP contribution in [0.3, 0.4) is 0 Å². The monoisotopic (exact) mass is 461 g/mol. The van der Waals surface area contributed by atoms with Gasteiger partial charge >= 0.3 is 0 Å². The molecule has 4 heterocycles. The fraction of sp³-hybridized carbons (Fsp3) is 0.217. The van der Waals surface area contributed by atoms with Crippen LogP contribution in [-0.4, -0.2) is 43.4 Å². The summed E-state index contributed by atoms with van der Waals surface area (Å²) in [7, 11) is 0. The van der Waals surface area contributed by atoms with Gasteiger partial charge in [0.1, 0.15) is 18.4 Å². The van der Waals surface area contributed by atoms with E-state index in [-0.39, 0.29) is 24.8 Å². The molecule has 1 saturated heterocycles. The van der Waals surface area contributed by atoms with Gasteiger partial charge in [-0.2, -0.15) is 0 Å². The predicted molar refractivity (Wildman–Crippen MR) is 120 cm³/mol. The molecule has 0 bridgehead atoms. The summed E-state index contributed by atoms with van der Waals surface area (Å²) < 4.78 is 9.06. The molecule has 2 aromatic heterocycles. The van der Waals surface area contributed by atoms with E-state index in [1.807, 2.05) is 34.6 Å². The summed E-state index contributed by atoms with van der Waals surface area (Å²) in [5.41, 5.74) is 6.03. The minimum atomic E-state index is -0.643. The van der Waals surface area contributed by atoms with Crippen LogP contribution in [0.25, 0.3) is 15.9 Å². The molecule has 2 aliphatic rings. The number of H-pyrrole nitrogens is 1. The van der Waals surface area contributed by atoms with Crippen LogP contribution in [0.1, 0.15) is 34.5 Å². The Kier molecular flexibility index (Phi) is 4.54. The zero-order chi connectivity index (χ0) is 22.5. The molecule has 166 valence electrons. The molecular weight excluding hydrogens is 442 g/mol. The van der Waals surface area contributed by atoms with Crippen molar-refractivity contribution in [1.82, 2.24) is 25.0 Å². The molecule has 1 fully saturated rings. The number of amides is 3. The number of nitrogens with one attached hydrogen (secondary N) is 2. The van der Waals surface area contributed by atoms with Gasteiger partial charge in [-0.15, -0.1) is 11.3 Å². The highest BCUT2D eigenvalue weighted by Gasteiger charge is 2.40. The van der Waals surface area contributed by atoms with Crippen LogP contribution in [0.2, 0.25) is 0 Å². The minimum Gasteiger partial charge on any atom is -0.487 e. The average Bonchev–Trinajstić information content (AvgIpc) is 3.37. The van der Waals surface area contributed by atoms with Crippen molar-refractivity contribution >= 4 is 39.3 Å². The number of carbonyl (C=O) groups excluding carboxylic acids is 3. The number of rotatable bonds is 5. The van der Waals surface area contributed by atoms with E-state index in [1.165, 1.54) is 4.90 Å². The number of ether oxygens (including phenoxy) is 1. The number of hydrogen-bond acceptors (Lipinski definition) is 6. The van der Waals surface area contributed by atoms with Gasteiger partial charge in [-0.3, -0.25) is 29.5 Å². The molecule has 0 aliphatic carbocycles. The van der Waals surface area contributed by atoms with Crippen LogP contribution in [-0.2, 0) is 22.7 Å². The Labute approximate surface area is 191 Å². The van der Waals surface area contributed by atoms with E-state index >= 15 is 0 Å². The maximum atomic E-state index is 12.9. The van der Waals surface area contributed by atoms with Crippen molar-refractivity contribution < 1.29 is 19.1 Å². The third kappa shape index (κ3) is 3.39. The number of aromatic amines is 1. The lowest BCUT2D eigenvalue weighted by Gasteiger charge is -2.29. The topological polar surface area (TPSA) is 109 Å². The summed E-state index contributed by atoms with van der Waals surface area (Å²) >= 11 is 1.60. The van der Waals surface area contributed by atoms with Crippen molar-refractivity contribution in [2.24, 2.45) is 0 Å². The van der Waals surface area contributed by atoms with Crippen LogP contribution < -0.4 is 10.1 Å². The molecule has 2 aliphatic heterocycles. The lowest BCUT2D eigenvalue weighted by molar-refractivity contribution is -0.136. The zero-order valence-electron chi connectivity index (χ0n) is 17.4. The second-order valence-corrected chi connectivity index (χ2v) is 9.00. The van der Waals surface area contributed by atoms with Gasteiger partial charge in [-0.1, -0.05) is 6.07 Å². The van der Waals surface area contributed by atoms with E-state index < -0.39 is 11.9 Å². The van der Waals surface area contributed by atoms with Crippen molar-refractivity contribution in [3.8, 4) is 11.4 Å². The SMILES string of the molecule is O=C1CCC(N2Cc3c(OCc4cn(-c5ccc6ncsc6c5)[nH]4)cccc3C2=O)C(=O)N1. The molecule has 6 rings (SSSR count). The summed E-state index contributed by atoms with van der Waals surface area (Å²) in [6.45, 7) is 0.604. The van der Waals surface area contributed by atoms with Crippen molar-refractivity contribution in [2.75, 3.05) is 0 Å². The Balaban J connectivity index is 1.15. The summed E-state index contributed by atoms with van der Waals surface area (Å²) in [5, 5.41) is 5.58. The first-order valence-corrected chi connectivity index (χ1v) is 11.4. The van der Waals surface area contributed by atoms with E-state index in [4.69, 9.17) is 4.74 Å². The minimum absolute atomic E-state index is 0.212. The van der Waals surface area contributed by atoms with Crippen molar-refractivity contribution in [3.05, 3.63) is 64.9 Å². The summed E-state index contributed by atoms with van der Waals surface area (Å²) in [6.07, 6.45) is 2.53. The molecule has 9 nitrogen and oxygen atoms in total. The molecular formula is C23H19N5O4S. The maximum Gasteiger partial charge on any atom is 0.255 e. The average molecular weight is 462 g/mol. The van der Waals surface area contributed by atoms with Gasteiger partial charge in [0.2, 0.25) is 11.8 Å². The van der Waals surface area contributed by atoms with E-state index in [2.05, 4.69) is 21.5 Å². The maximum absolute atomic E-state index is 12.9. The largest absolute Gasteiger partial charge is 0.487 e. The van der Waals surface area contributed by atoms with Crippen LogP contribution in [0, 0.1) is 0 Å². The number of hydrogen-bond donors (Lipinski definition) is 2. The number of imide groups is 1. The quantitative estimate of drug-likeness (QED) is 0.444. The summed E-state index contributed by atoms with van der Waals surface area (Å²) in [4.78, 5) is 42.5. The summed E-state index contributed by atoms with van der Waals surface area (Å²) in [6, 6.07) is 10.8. The standard InChI is InChI=1S/C23H19N5O4S/c29-21-7-6-18(22(30)25-21)27-10-16-15(23(27)31)2-1-3-19(16)32-11-13-9-28(26-13)14-4-5-17-20(8-14)33-12-24-17/h1-5,8-9,12,18,26H,6-7,10-11H2,(H,25,29,30). The van der Waals surface area contributed by atoms with E-state index in [1.54, 1.807) is 23.5 Å². The Hall–Kier alpha value is -3.92. The van der Waals surface area contributed by atoms with Crippen LogP contribution in [0.4, 0.5) is 0 Å². The van der Waals surface area contributed by atoms with Gasteiger partial charge < -0.3 is 9.64 Å². The molecule has 2 aromatic carbocycles. The third-order valence-corrected chi connectivity index (χ3v) is 6.86. The predicted octanol–water partition coefficient (Wildman–Crippen LogP) is 2.76. The number of fused-ring (bicyclic) bond motifs is 2. The highest BCUT2D eigenvalue weighted by Crippen LogP contribution is 2.34. The highest BCUT2D eigenvalue weighted by atomic mass is 32.1. The fourth-order valence-electron chi connectivity index (χ4n) is 4.36. The third-order valence-electron chi connectivity index (χ3n) is 6.06. The number of thiazole rings is 1. The lowest BCUT2D eigenvalue weighted by Crippen LogP contribution is -2.52. The van der Waals surface area contributed by atoms with Crippen LogP contribution in [0.15, 0.2) is 48.1 Å². The first-order chi connectivity index (χ1) is 16.1. The fourth-order valence-corrected chi connectivity index (χ4v) is 5.07. The Morgan fingerprint density at radius 2 is 2.06 bits per heavy atom. The number of benzene rings is 2. The first kappa shape index (κ1) is 19.7. The number of nitrogens with zero attached hydrogens (tertiary/aromatic N) is 3. The summed E-state index contributed by atoms with van der Waals surface area (Å²) in [5.74, 6) is -0.319. The molecule has 4 aromatic rings. The van der Waals surface area contributed by atoms with Crippen molar-refractivity contribution in [1.29, 1.82) is 0 Å². The van der Waals surface area contributed by atoms with E-state index in [0.29, 0.717) is 24.3 Å². The van der Waals surface area contributed by atoms with Crippen molar-refractivity contribution in [3.63, 3.8) is 0 Å². The van der Waals surface area contributed by atoms with Gasteiger partial charge in [0.15, 0.2) is 0 Å². The normalized spacial score (nSPS) is 18.1. The van der Waals surface area contributed by atoms with Gasteiger partial charge in [-0.25, -0.2) is 4.98 Å². The van der Waals surface area contributed by atoms with Gasteiger partial charge in [0.25, 0.3) is 5.91 Å². The second-order valence-electron chi connectivity index (χ2n) is 8.11. The smallest absolute Gasteiger partial charge is 0.255 e. The molecule has 0 radical (unpaired) electrons. The highest BCUT2D eigenvalue weighted by molar-refractivity contribution is 7.16. The Morgan fingerprint density at radius 1 is 1.18 bits per heavy atom. The van der Waals surface area contributed by atoms with Gasteiger partial charge in [-0.05, 0) is 36.8 Å². The Morgan fingerprint density at radius 3 is 2.91 bits per heavy atom. The molecule has 3 amide bonds. The van der Waals surface area contributed by atoms with E-state index in [0.717, 1.165) is 27.2 Å². The van der Waals surface area contributed by atoms with Crippen LogP contribution in [0.5, 0.6) is 5.75 Å². The number of piperidine rings is 1. The number of carbonyl (C=O) groups is 3. The molecule has 1 unspecified atom stereocenters. The molecule has 0 spiro atoms. The molecule has 1 atom stereocenters.